The van der Waals surface area contributed by atoms with Crippen molar-refractivity contribution in [3.63, 3.8) is 0 Å². The summed E-state index contributed by atoms with van der Waals surface area (Å²) >= 11 is 3.91. The lowest BCUT2D eigenvalue weighted by atomic mass is 10.0. The minimum atomic E-state index is -0.448. The molecule has 0 radical (unpaired) electrons. The standard InChI is InChI=1S/C7H13NOS/c1-3-5(2)7(9)6(8)4-10/h3,5-6,10H,1,4,8H2,2H3/t5?,6-/m1/s1. The molecule has 0 fully saturated rings. The first kappa shape index (κ1) is 9.72. The maximum Gasteiger partial charge on any atom is 0.156 e. The summed E-state index contributed by atoms with van der Waals surface area (Å²) in [6.07, 6.45) is 1.59. The van der Waals surface area contributed by atoms with Gasteiger partial charge in [-0.2, -0.15) is 12.6 Å². The van der Waals surface area contributed by atoms with E-state index in [1.165, 1.54) is 0 Å². The van der Waals surface area contributed by atoms with Crippen LogP contribution in [0.1, 0.15) is 6.92 Å². The van der Waals surface area contributed by atoms with Crippen LogP contribution in [0.25, 0.3) is 0 Å². The zero-order chi connectivity index (χ0) is 8.15. The number of rotatable bonds is 4. The van der Waals surface area contributed by atoms with Crippen molar-refractivity contribution in [2.75, 3.05) is 5.75 Å². The molecule has 2 N–H and O–H groups in total. The highest BCUT2D eigenvalue weighted by Crippen LogP contribution is 2.01. The molecule has 0 spiro atoms. The van der Waals surface area contributed by atoms with Gasteiger partial charge in [0.25, 0.3) is 0 Å². The molecule has 0 bridgehead atoms. The summed E-state index contributed by atoms with van der Waals surface area (Å²) in [6, 6.07) is -0.448. The molecule has 10 heavy (non-hydrogen) atoms. The van der Waals surface area contributed by atoms with Gasteiger partial charge in [-0.15, -0.1) is 6.58 Å². The van der Waals surface area contributed by atoms with Gasteiger partial charge in [0.05, 0.1) is 6.04 Å². The molecule has 3 heteroatoms. The number of hydrogen-bond acceptors (Lipinski definition) is 3. The van der Waals surface area contributed by atoms with Crippen LogP contribution in [0.3, 0.4) is 0 Å². The lowest BCUT2D eigenvalue weighted by Gasteiger charge is -2.09. The molecule has 58 valence electrons. The smallest absolute Gasteiger partial charge is 0.156 e. The van der Waals surface area contributed by atoms with Crippen molar-refractivity contribution in [3.8, 4) is 0 Å². The summed E-state index contributed by atoms with van der Waals surface area (Å²) in [5, 5.41) is 0. The number of Topliss-reactive ketones (excluding diaryl/α,β-unsaturated/α-hetero) is 1. The Morgan fingerprint density at radius 2 is 2.40 bits per heavy atom. The third kappa shape index (κ3) is 2.54. The van der Waals surface area contributed by atoms with Crippen LogP contribution >= 0.6 is 12.6 Å². The molecule has 0 rings (SSSR count). The number of carbonyl (C=O) groups excluding carboxylic acids is 1. The second-order valence-electron chi connectivity index (χ2n) is 2.22. The molecule has 0 aliphatic carbocycles. The predicted molar refractivity (Wildman–Crippen MR) is 46.2 cm³/mol. The van der Waals surface area contributed by atoms with Crippen LogP contribution in [0.5, 0.6) is 0 Å². The van der Waals surface area contributed by atoms with E-state index in [0.717, 1.165) is 0 Å². The van der Waals surface area contributed by atoms with E-state index in [1.807, 2.05) is 0 Å². The zero-order valence-corrected chi connectivity index (χ0v) is 6.97. The van der Waals surface area contributed by atoms with Gasteiger partial charge in [0.1, 0.15) is 0 Å². The fourth-order valence-electron chi connectivity index (χ4n) is 0.544. The molecule has 0 aliphatic rings. The van der Waals surface area contributed by atoms with E-state index in [2.05, 4.69) is 19.2 Å². The largest absolute Gasteiger partial charge is 0.321 e. The zero-order valence-electron chi connectivity index (χ0n) is 6.08. The van der Waals surface area contributed by atoms with Crippen molar-refractivity contribution >= 4 is 18.4 Å². The van der Waals surface area contributed by atoms with Gasteiger partial charge in [-0.25, -0.2) is 0 Å². The van der Waals surface area contributed by atoms with Gasteiger partial charge in [0, 0.05) is 11.7 Å². The molecule has 0 aliphatic heterocycles. The predicted octanol–water partition coefficient (Wildman–Crippen LogP) is 0.635. The fraction of sp³-hybridized carbons (Fsp3) is 0.571. The third-order valence-corrected chi connectivity index (χ3v) is 1.76. The van der Waals surface area contributed by atoms with Crippen molar-refractivity contribution in [2.45, 2.75) is 13.0 Å². The van der Waals surface area contributed by atoms with E-state index < -0.39 is 6.04 Å². The van der Waals surface area contributed by atoms with Crippen LogP contribution in [-0.4, -0.2) is 17.6 Å². The highest BCUT2D eigenvalue weighted by Gasteiger charge is 2.15. The Kier molecular flexibility index (Phi) is 4.40. The minimum absolute atomic E-state index is 0.00463. The number of hydrogen-bond donors (Lipinski definition) is 2. The van der Waals surface area contributed by atoms with Crippen LogP contribution in [0, 0.1) is 5.92 Å². The Morgan fingerprint density at radius 1 is 1.90 bits per heavy atom. The topological polar surface area (TPSA) is 43.1 Å². The van der Waals surface area contributed by atoms with E-state index in [1.54, 1.807) is 13.0 Å². The molecule has 0 heterocycles. The first-order chi connectivity index (χ1) is 4.63. The fourth-order valence-corrected chi connectivity index (χ4v) is 0.724. The van der Waals surface area contributed by atoms with Crippen LogP contribution in [0.2, 0.25) is 0 Å². The van der Waals surface area contributed by atoms with E-state index >= 15 is 0 Å². The Bertz CT molecular complexity index is 136. The summed E-state index contributed by atoms with van der Waals surface area (Å²) in [4.78, 5) is 11.1. The SMILES string of the molecule is C=CC(C)C(=O)[C@H](N)CS. The molecule has 2 atom stereocenters. The average Bonchev–Trinajstić information content (AvgIpc) is 2.00. The normalized spacial score (nSPS) is 15.9. The molecule has 0 aromatic carbocycles. The molecule has 0 amide bonds. The van der Waals surface area contributed by atoms with Gasteiger partial charge in [-0.3, -0.25) is 4.79 Å². The number of nitrogens with two attached hydrogens (primary N) is 1. The molecule has 1 unspecified atom stereocenters. The van der Waals surface area contributed by atoms with Crippen molar-refractivity contribution in [1.82, 2.24) is 0 Å². The molecule has 0 saturated carbocycles. The molecular weight excluding hydrogens is 146 g/mol. The lowest BCUT2D eigenvalue weighted by molar-refractivity contribution is -0.121. The summed E-state index contributed by atoms with van der Waals surface area (Å²) in [7, 11) is 0. The second kappa shape index (κ2) is 4.52. The summed E-state index contributed by atoms with van der Waals surface area (Å²) in [6.45, 7) is 5.27. The Balaban J connectivity index is 3.93. The van der Waals surface area contributed by atoms with E-state index in [9.17, 15) is 4.79 Å². The van der Waals surface area contributed by atoms with Gasteiger partial charge in [0.2, 0.25) is 0 Å². The van der Waals surface area contributed by atoms with Gasteiger partial charge in [0.15, 0.2) is 5.78 Å². The number of allylic oxidation sites excluding steroid dienone is 1. The van der Waals surface area contributed by atoms with Gasteiger partial charge in [-0.05, 0) is 0 Å². The van der Waals surface area contributed by atoms with E-state index in [0.29, 0.717) is 5.75 Å². The van der Waals surface area contributed by atoms with Crippen molar-refractivity contribution < 1.29 is 4.79 Å². The summed E-state index contributed by atoms with van der Waals surface area (Å²) < 4.78 is 0. The van der Waals surface area contributed by atoms with Crippen LogP contribution in [0.4, 0.5) is 0 Å². The Labute approximate surface area is 66.9 Å². The molecule has 2 nitrogen and oxygen atoms in total. The van der Waals surface area contributed by atoms with Gasteiger partial charge < -0.3 is 5.73 Å². The highest BCUT2D eigenvalue weighted by atomic mass is 32.1. The minimum Gasteiger partial charge on any atom is -0.321 e. The third-order valence-electron chi connectivity index (χ3n) is 1.36. The van der Waals surface area contributed by atoms with Gasteiger partial charge >= 0.3 is 0 Å². The van der Waals surface area contributed by atoms with Crippen molar-refractivity contribution in [2.24, 2.45) is 11.7 Å². The van der Waals surface area contributed by atoms with E-state index in [4.69, 9.17) is 5.73 Å². The average molecular weight is 159 g/mol. The molecule has 0 aromatic rings. The van der Waals surface area contributed by atoms with Crippen LogP contribution in [0.15, 0.2) is 12.7 Å². The second-order valence-corrected chi connectivity index (χ2v) is 2.58. The Morgan fingerprint density at radius 3 is 2.70 bits per heavy atom. The maximum atomic E-state index is 11.1. The number of carbonyl (C=O) groups is 1. The first-order valence-electron chi connectivity index (χ1n) is 3.16. The molecule has 0 aromatic heterocycles. The lowest BCUT2D eigenvalue weighted by Crippen LogP contribution is -2.35. The summed E-state index contributed by atoms with van der Waals surface area (Å²) in [5.41, 5.74) is 5.42. The van der Waals surface area contributed by atoms with Gasteiger partial charge in [-0.1, -0.05) is 13.0 Å². The maximum absolute atomic E-state index is 11.1. The molecule has 0 saturated heterocycles. The van der Waals surface area contributed by atoms with Crippen molar-refractivity contribution in [1.29, 1.82) is 0 Å². The first-order valence-corrected chi connectivity index (χ1v) is 3.79. The quantitative estimate of drug-likeness (QED) is 0.467. The van der Waals surface area contributed by atoms with E-state index in [-0.39, 0.29) is 11.7 Å². The number of thiol groups is 1. The van der Waals surface area contributed by atoms with Crippen LogP contribution in [-0.2, 0) is 4.79 Å². The summed E-state index contributed by atoms with van der Waals surface area (Å²) in [5.74, 6) is 0.254. The molecular formula is C7H13NOS. The highest BCUT2D eigenvalue weighted by molar-refractivity contribution is 7.80. The van der Waals surface area contributed by atoms with Crippen LogP contribution < -0.4 is 5.73 Å². The van der Waals surface area contributed by atoms with Crippen molar-refractivity contribution in [3.05, 3.63) is 12.7 Å². The number of ketones is 1. The monoisotopic (exact) mass is 159 g/mol. The Hall–Kier alpha value is -0.280.